The van der Waals surface area contributed by atoms with Crippen LogP contribution in [0.2, 0.25) is 0 Å². The average molecular weight is 179 g/mol. The standard InChI is InChI=1S/Al.Mg.H4N2.H2O4S/c;;1-2;1-5(2,3)4/h;;1-2H2;(H2,1,2,3,4)/q+3;+2;;/p-2. The molecule has 0 aliphatic heterocycles. The Bertz CT molecular complexity index is 102. The van der Waals surface area contributed by atoms with Gasteiger partial charge in [-0.15, -0.1) is 0 Å². The first-order valence-electron chi connectivity index (χ1n) is 1.00. The molecule has 9 heavy (non-hydrogen) atoms. The van der Waals surface area contributed by atoms with E-state index in [2.05, 4.69) is 11.7 Å². The van der Waals surface area contributed by atoms with Gasteiger partial charge in [-0.1, -0.05) is 0 Å². The van der Waals surface area contributed by atoms with E-state index in [1.165, 1.54) is 0 Å². The third-order valence-electron chi connectivity index (χ3n) is 0. The fraction of sp³-hybridized carbons (Fsp3) is 0. The van der Waals surface area contributed by atoms with Gasteiger partial charge >= 0.3 is 40.4 Å². The van der Waals surface area contributed by atoms with Gasteiger partial charge < -0.3 is 9.11 Å². The molecule has 0 atom stereocenters. The maximum absolute atomic E-state index is 8.52. The van der Waals surface area contributed by atoms with Crippen molar-refractivity contribution in [2.75, 3.05) is 0 Å². The summed E-state index contributed by atoms with van der Waals surface area (Å²) in [4.78, 5) is 0. The van der Waals surface area contributed by atoms with Crippen LogP contribution in [-0.4, -0.2) is 57.9 Å². The second kappa shape index (κ2) is 11.8. The molecule has 9 heteroatoms. The summed E-state index contributed by atoms with van der Waals surface area (Å²) in [6.07, 6.45) is 0. The molecule has 0 heterocycles. The van der Waals surface area contributed by atoms with Gasteiger partial charge in [0.25, 0.3) is 0 Å². The third kappa shape index (κ3) is 385. The van der Waals surface area contributed by atoms with Crippen molar-refractivity contribution in [3.63, 3.8) is 0 Å². The fourth-order valence-electron chi connectivity index (χ4n) is 0. The van der Waals surface area contributed by atoms with Crippen LogP contribution in [0.1, 0.15) is 0 Å². The molecule has 0 rings (SSSR count). The topological polar surface area (TPSA) is 132 Å². The second-order valence-electron chi connectivity index (χ2n) is 0.408. The summed E-state index contributed by atoms with van der Waals surface area (Å²) in [5.74, 6) is 8.00. The van der Waals surface area contributed by atoms with Crippen molar-refractivity contribution in [1.82, 2.24) is 0 Å². The molecule has 0 radical (unpaired) electrons. The van der Waals surface area contributed by atoms with Crippen LogP contribution >= 0.6 is 0 Å². The van der Waals surface area contributed by atoms with Gasteiger partial charge in [-0.25, -0.2) is 0 Å². The average Bonchev–Trinajstić information content (AvgIpc) is 1.36. The zero-order chi connectivity index (χ0) is 6.50. The van der Waals surface area contributed by atoms with Crippen LogP contribution in [0.25, 0.3) is 0 Å². The van der Waals surface area contributed by atoms with Crippen LogP contribution in [0.3, 0.4) is 0 Å². The Labute approximate surface area is 79.8 Å². The van der Waals surface area contributed by atoms with Crippen molar-refractivity contribution in [3.05, 3.63) is 0 Å². The minimum Gasteiger partial charge on any atom is -0.759 e. The molecule has 4 N–H and O–H groups in total. The quantitative estimate of drug-likeness (QED) is 0.132. The van der Waals surface area contributed by atoms with E-state index in [-0.39, 0.29) is 40.4 Å². The van der Waals surface area contributed by atoms with Crippen molar-refractivity contribution in [1.29, 1.82) is 0 Å². The molecular weight excluding hydrogens is 175 g/mol. The maximum atomic E-state index is 8.52. The Morgan fingerprint density at radius 3 is 1.11 bits per heavy atom. The molecule has 0 saturated carbocycles. The van der Waals surface area contributed by atoms with Gasteiger partial charge in [0.15, 0.2) is 0 Å². The second-order valence-corrected chi connectivity index (χ2v) is 1.22. The summed E-state index contributed by atoms with van der Waals surface area (Å²) in [6, 6.07) is 0. The Morgan fingerprint density at radius 2 is 1.11 bits per heavy atom. The van der Waals surface area contributed by atoms with E-state index in [4.69, 9.17) is 17.5 Å². The molecule has 0 aromatic carbocycles. The summed E-state index contributed by atoms with van der Waals surface area (Å²) in [6.45, 7) is 0. The summed E-state index contributed by atoms with van der Waals surface area (Å²) in [5.41, 5.74) is 0. The molecule has 0 saturated heterocycles. The Kier molecular flexibility index (Phi) is 29.6. The van der Waals surface area contributed by atoms with Crippen LogP contribution in [0, 0.1) is 0 Å². The number of nitrogens with two attached hydrogens (primary N) is 2. The largest absolute Gasteiger partial charge is 3.00 e. The molecule has 6 nitrogen and oxygen atoms in total. The van der Waals surface area contributed by atoms with Gasteiger partial charge in [0, 0.05) is 10.4 Å². The van der Waals surface area contributed by atoms with Gasteiger partial charge in [-0.2, -0.15) is 0 Å². The predicted octanol–water partition coefficient (Wildman–Crippen LogP) is -3.28. The molecule has 0 aliphatic carbocycles. The molecule has 46 valence electrons. The molecule has 0 fully saturated rings. The first-order valence-corrected chi connectivity index (χ1v) is 2.33. The molecule has 0 aromatic heterocycles. The van der Waals surface area contributed by atoms with Gasteiger partial charge in [0.1, 0.15) is 0 Å². The van der Waals surface area contributed by atoms with Crippen LogP contribution in [-0.2, 0) is 10.4 Å². The zero-order valence-corrected chi connectivity index (χ0v) is 7.87. The number of hydrogen-bond donors (Lipinski definition) is 2. The minimum absolute atomic E-state index is 0. The van der Waals surface area contributed by atoms with Gasteiger partial charge in [0.05, 0.1) is 0 Å². The minimum atomic E-state index is -5.17. The van der Waals surface area contributed by atoms with Crippen LogP contribution in [0.15, 0.2) is 0 Å². The van der Waals surface area contributed by atoms with Crippen molar-refractivity contribution in [2.24, 2.45) is 11.7 Å². The van der Waals surface area contributed by atoms with Gasteiger partial charge in [0.2, 0.25) is 0 Å². The van der Waals surface area contributed by atoms with Crippen LogP contribution in [0.5, 0.6) is 0 Å². The third-order valence-corrected chi connectivity index (χ3v) is 0. The molecule has 0 bridgehead atoms. The number of rotatable bonds is 0. The first-order chi connectivity index (χ1) is 3.00. The van der Waals surface area contributed by atoms with E-state index in [0.29, 0.717) is 0 Å². The fourth-order valence-corrected chi connectivity index (χ4v) is 0. The normalized spacial score (nSPS) is 7.11. The Balaban J connectivity index is -0.0000000286. The number of hydrogen-bond acceptors (Lipinski definition) is 6. The number of hydrazine groups is 1. The molecule has 0 aliphatic rings. The van der Waals surface area contributed by atoms with E-state index in [9.17, 15) is 0 Å². The van der Waals surface area contributed by atoms with Crippen molar-refractivity contribution in [3.8, 4) is 0 Å². The van der Waals surface area contributed by atoms with E-state index in [1.807, 2.05) is 0 Å². The summed E-state index contributed by atoms with van der Waals surface area (Å²) >= 11 is 0. The van der Waals surface area contributed by atoms with Gasteiger partial charge in [-0.3, -0.25) is 20.1 Å². The smallest absolute Gasteiger partial charge is 0.759 e. The molecule has 0 unspecified atom stereocenters. The maximum Gasteiger partial charge on any atom is 3.00 e. The van der Waals surface area contributed by atoms with Gasteiger partial charge in [-0.05, 0) is 0 Å². The molecular formula is H4AlMgN2O4S+3. The van der Waals surface area contributed by atoms with Crippen molar-refractivity contribution in [2.45, 2.75) is 0 Å². The first kappa shape index (κ1) is 22.5. The van der Waals surface area contributed by atoms with Crippen LogP contribution in [0.4, 0.5) is 0 Å². The molecule has 0 spiro atoms. The zero-order valence-electron chi connectivity index (χ0n) is 4.48. The summed E-state index contributed by atoms with van der Waals surface area (Å²) in [5, 5.41) is 0. The Hall–Kier alpha value is 1.09. The summed E-state index contributed by atoms with van der Waals surface area (Å²) in [7, 11) is -5.17. The Morgan fingerprint density at radius 1 is 1.11 bits per heavy atom. The van der Waals surface area contributed by atoms with Crippen LogP contribution < -0.4 is 11.7 Å². The van der Waals surface area contributed by atoms with Crippen molar-refractivity contribution >= 4 is 50.8 Å². The van der Waals surface area contributed by atoms with E-state index in [0.717, 1.165) is 0 Å². The molecule has 0 aromatic rings. The van der Waals surface area contributed by atoms with Crippen molar-refractivity contribution < 1.29 is 17.5 Å². The SMILES string of the molecule is NN.O=S(=O)([O-])[O-].[Al+3].[Mg+2]. The monoisotopic (exact) mass is 179 g/mol. The van der Waals surface area contributed by atoms with E-state index >= 15 is 0 Å². The van der Waals surface area contributed by atoms with E-state index < -0.39 is 10.4 Å². The van der Waals surface area contributed by atoms with E-state index in [1.54, 1.807) is 0 Å². The predicted molar refractivity (Wildman–Crippen MR) is 30.4 cm³/mol. The summed E-state index contributed by atoms with van der Waals surface area (Å²) < 4.78 is 34.1. The molecule has 0 amide bonds.